The Kier molecular flexibility index (Phi) is 75.3. The lowest BCUT2D eigenvalue weighted by atomic mass is 10.00. The fourth-order valence-corrected chi connectivity index (χ4v) is 6.43. The summed E-state index contributed by atoms with van der Waals surface area (Å²) in [5.41, 5.74) is 19.4. The van der Waals surface area contributed by atoms with Gasteiger partial charge in [0.15, 0.2) is 0 Å². The molecule has 526 valence electrons. The maximum absolute atomic E-state index is 8.14. The molecule has 0 aliphatic carbocycles. The number of nitrogens with zero attached hydrogens (tertiary/aromatic N) is 1. The lowest BCUT2D eigenvalue weighted by Gasteiger charge is -2.06. The number of rotatable bonds is 8. The van der Waals surface area contributed by atoms with E-state index in [-0.39, 0.29) is 6.10 Å². The molecule has 7 N–H and O–H groups in total. The molecule has 0 saturated carbocycles. The minimum atomic E-state index is -0.167. The molecule has 1 aliphatic heterocycles. The standard InChI is InChI=1S/C11H14O.4C9H12.C8H11N.C8H12O.C4H10O.C4H10.C3H9N.C3H8O.C3H8.C2H6.CH5N.CH4O/c1-8(2)9-3-4-11-10(7-9)5-6-12-11;4*1-8(2)9-6-4-3-5-7-9;1-7(2)8-3-5-9-6-4-8;1-6(2)8-5-4-7(3)9-8;1-4(2)3-5;1-4(2)3;2*1-3(2)4;1-3-2;3*1-2/h3-4,7-8H,5-6H2,1-2H3;4*3-8H,1-2H3;3-7H,1-2H3;4-6H,1-3H3;4-5H,3H2,1-2H3;4H,1-3H3;3H,4H2,1-2H3;3-4H,1-2H3;3H2,1-2H3;1-2H3;2H2,1H3;2H,1H3. The highest BCUT2D eigenvalue weighted by Gasteiger charge is 2.12. The normalized spacial score (nSPS) is 9.98. The largest absolute Gasteiger partial charge is 0.493 e. The van der Waals surface area contributed by atoms with Crippen LogP contribution in [0.15, 0.2) is 181 Å². The molecule has 2 aromatic heterocycles. The van der Waals surface area contributed by atoms with Gasteiger partial charge in [0.1, 0.15) is 17.3 Å². The van der Waals surface area contributed by atoms with E-state index in [4.69, 9.17) is 30.2 Å². The molecule has 0 saturated heterocycles. The van der Waals surface area contributed by atoms with Crippen molar-refractivity contribution >= 4 is 0 Å². The Balaban J connectivity index is -0.000000173. The lowest BCUT2D eigenvalue weighted by Crippen LogP contribution is -2.06. The van der Waals surface area contributed by atoms with Crippen molar-refractivity contribution in [3.63, 3.8) is 0 Å². The van der Waals surface area contributed by atoms with Crippen molar-refractivity contribution in [1.82, 2.24) is 4.98 Å². The zero-order valence-electron chi connectivity index (χ0n) is 64.7. The van der Waals surface area contributed by atoms with Gasteiger partial charge in [0.2, 0.25) is 0 Å². The van der Waals surface area contributed by atoms with Gasteiger partial charge in [0, 0.05) is 44.6 Å². The summed E-state index contributed by atoms with van der Waals surface area (Å²) in [6.45, 7) is 59.8. The Labute approximate surface area is 569 Å². The molecular formula is C84H145N3O5. The van der Waals surface area contributed by atoms with Gasteiger partial charge in [0.05, 0.1) is 6.61 Å². The number of hydrogen-bond donors (Lipinski definition) is 5. The van der Waals surface area contributed by atoms with Crippen molar-refractivity contribution in [3.05, 3.63) is 227 Å². The van der Waals surface area contributed by atoms with Crippen LogP contribution in [0.3, 0.4) is 0 Å². The van der Waals surface area contributed by atoms with Crippen LogP contribution >= 0.6 is 0 Å². The van der Waals surface area contributed by atoms with Crippen LogP contribution in [-0.2, 0) is 6.42 Å². The first-order valence-corrected chi connectivity index (χ1v) is 34.4. The third-order valence-corrected chi connectivity index (χ3v) is 11.3. The second-order valence-corrected chi connectivity index (χ2v) is 25.3. The number of nitrogens with two attached hydrogens (primary N) is 2. The summed E-state index contributed by atoms with van der Waals surface area (Å²) in [6, 6.07) is 57.1. The zero-order valence-corrected chi connectivity index (χ0v) is 64.7. The number of aromatic nitrogens is 1. The molecule has 0 amide bonds. The molecule has 5 aromatic carbocycles. The van der Waals surface area contributed by atoms with E-state index in [2.05, 4.69) is 258 Å². The number of aliphatic hydroxyl groups excluding tert-OH is 3. The van der Waals surface area contributed by atoms with E-state index >= 15 is 0 Å². The topological polar surface area (TPSA) is 148 Å². The average molecular weight is 1280 g/mol. The fraction of sp³-hybridized carbons (Fsp3) is 0.536. The molecule has 8 rings (SSSR count). The molecule has 0 atom stereocenters. The van der Waals surface area contributed by atoms with Gasteiger partial charge in [-0.05, 0) is 150 Å². The van der Waals surface area contributed by atoms with Crippen LogP contribution < -0.4 is 16.2 Å². The van der Waals surface area contributed by atoms with Crippen molar-refractivity contribution in [3.8, 4) is 5.75 Å². The Hall–Kier alpha value is -5.87. The van der Waals surface area contributed by atoms with Gasteiger partial charge in [-0.15, -0.1) is 0 Å². The van der Waals surface area contributed by atoms with Gasteiger partial charge in [-0.3, -0.25) is 4.98 Å². The minimum absolute atomic E-state index is 0.167. The lowest BCUT2D eigenvalue weighted by molar-refractivity contribution is 0.216. The number of hydrogen-bond acceptors (Lipinski definition) is 8. The molecule has 7 aromatic rings. The molecule has 1 aliphatic rings. The summed E-state index contributed by atoms with van der Waals surface area (Å²) in [6.07, 6.45) is 5.82. The Morgan fingerprint density at radius 1 is 0.435 bits per heavy atom. The highest BCUT2D eigenvalue weighted by Crippen LogP contribution is 2.28. The quantitative estimate of drug-likeness (QED) is 0.101. The number of pyridine rings is 1. The number of benzene rings is 5. The predicted octanol–water partition coefficient (Wildman–Crippen LogP) is 23.6. The van der Waals surface area contributed by atoms with Crippen LogP contribution in [0.25, 0.3) is 0 Å². The molecule has 0 bridgehead atoms. The third-order valence-electron chi connectivity index (χ3n) is 11.3. The monoisotopic (exact) mass is 1280 g/mol. The molecule has 0 fully saturated rings. The van der Waals surface area contributed by atoms with E-state index in [1.54, 1.807) is 13.8 Å². The summed E-state index contributed by atoms with van der Waals surface area (Å²) >= 11 is 0. The maximum atomic E-state index is 8.14. The van der Waals surface area contributed by atoms with Crippen LogP contribution in [0.1, 0.15) is 285 Å². The van der Waals surface area contributed by atoms with Crippen molar-refractivity contribution in [1.29, 1.82) is 0 Å². The molecular weight excluding hydrogens is 1130 g/mol. The number of fused-ring (bicyclic) bond motifs is 1. The van der Waals surface area contributed by atoms with Gasteiger partial charge in [-0.1, -0.05) is 313 Å². The Morgan fingerprint density at radius 2 is 0.696 bits per heavy atom. The van der Waals surface area contributed by atoms with Gasteiger partial charge in [-0.25, -0.2) is 0 Å². The molecule has 0 spiro atoms. The first-order chi connectivity index (χ1) is 43.4. The number of furan rings is 1. The van der Waals surface area contributed by atoms with Crippen LogP contribution in [0.5, 0.6) is 5.75 Å². The summed E-state index contributed by atoms with van der Waals surface area (Å²) in [4.78, 5) is 3.93. The van der Waals surface area contributed by atoms with Crippen LogP contribution in [0, 0.1) is 18.8 Å². The minimum Gasteiger partial charge on any atom is -0.493 e. The van der Waals surface area contributed by atoms with Gasteiger partial charge >= 0.3 is 0 Å². The first-order valence-electron chi connectivity index (χ1n) is 34.4. The molecule has 0 unspecified atom stereocenters. The second kappa shape index (κ2) is 69.5. The van der Waals surface area contributed by atoms with Crippen molar-refractivity contribution in [2.75, 3.05) is 27.4 Å². The van der Waals surface area contributed by atoms with E-state index < -0.39 is 0 Å². The van der Waals surface area contributed by atoms with Crippen LogP contribution in [0.4, 0.5) is 0 Å². The van der Waals surface area contributed by atoms with Gasteiger partial charge in [0.25, 0.3) is 0 Å². The molecule has 92 heavy (non-hydrogen) atoms. The summed E-state index contributed by atoms with van der Waals surface area (Å²) in [5.74, 6) is 8.82. The fourth-order valence-electron chi connectivity index (χ4n) is 6.43. The molecule has 0 radical (unpaired) electrons. The van der Waals surface area contributed by atoms with Crippen LogP contribution in [0.2, 0.25) is 0 Å². The smallest absolute Gasteiger partial charge is 0.122 e. The van der Waals surface area contributed by atoms with Crippen LogP contribution in [-0.4, -0.2) is 59.8 Å². The summed E-state index contributed by atoms with van der Waals surface area (Å²) < 4.78 is 10.8. The Bertz CT molecular complexity index is 2190. The first kappa shape index (κ1) is 99.7. The predicted molar refractivity (Wildman–Crippen MR) is 412 cm³/mol. The second-order valence-electron chi connectivity index (χ2n) is 25.3. The average Bonchev–Trinajstić information content (AvgIpc) is 2.28. The van der Waals surface area contributed by atoms with E-state index in [0.29, 0.717) is 60.0 Å². The SMILES string of the molecule is CC.CC(C)C.CC(C)CO.CC(C)N.CC(C)O.CC(C)c1ccc2c(c1)CCO2.CC(C)c1ccccc1.CC(C)c1ccccc1.CC(C)c1ccccc1.CC(C)c1ccccc1.CC(C)c1ccncc1.CCC.CN.CO.Cc1ccc(C(C)C)o1. The van der Waals surface area contributed by atoms with E-state index in [0.717, 1.165) is 43.3 Å². The number of aryl methyl sites for hydroxylation is 1. The summed E-state index contributed by atoms with van der Waals surface area (Å²) in [5, 5.41) is 23.2. The van der Waals surface area contributed by atoms with E-state index in [9.17, 15) is 0 Å². The van der Waals surface area contributed by atoms with Gasteiger partial charge in [-0.2, -0.15) is 0 Å². The van der Waals surface area contributed by atoms with Crippen molar-refractivity contribution in [2.24, 2.45) is 23.3 Å². The molecule has 8 heteroatoms. The van der Waals surface area contributed by atoms with Crippen molar-refractivity contribution in [2.45, 2.75) is 260 Å². The molecule has 8 nitrogen and oxygen atoms in total. The van der Waals surface area contributed by atoms with Gasteiger partial charge < -0.3 is 35.9 Å². The van der Waals surface area contributed by atoms with E-state index in [1.165, 1.54) is 52.4 Å². The van der Waals surface area contributed by atoms with E-state index in [1.807, 2.05) is 109 Å². The highest BCUT2D eigenvalue weighted by molar-refractivity contribution is 5.40. The zero-order chi connectivity index (χ0) is 72.6. The number of aliphatic hydroxyl groups is 3. The highest BCUT2D eigenvalue weighted by atomic mass is 16.5. The number of ether oxygens (including phenoxy) is 1. The maximum Gasteiger partial charge on any atom is 0.122 e. The molecule has 3 heterocycles. The van der Waals surface area contributed by atoms with Crippen molar-refractivity contribution < 1.29 is 24.5 Å². The summed E-state index contributed by atoms with van der Waals surface area (Å²) in [7, 11) is 2.50. The Morgan fingerprint density at radius 3 is 0.880 bits per heavy atom. The third kappa shape index (κ3) is 68.5.